The molecule has 1 aliphatic carbocycles. The Morgan fingerprint density at radius 1 is 1.31 bits per heavy atom. The van der Waals surface area contributed by atoms with Crippen molar-refractivity contribution in [1.82, 2.24) is 10.2 Å². The molecule has 0 aromatic heterocycles. The summed E-state index contributed by atoms with van der Waals surface area (Å²) < 4.78 is 33.5. The number of likely N-dealkylation sites (tertiary alicyclic amines) is 1. The van der Waals surface area contributed by atoms with E-state index in [9.17, 15) is 18.4 Å². The van der Waals surface area contributed by atoms with E-state index >= 15 is 0 Å². The first kappa shape index (κ1) is 21.5. The summed E-state index contributed by atoms with van der Waals surface area (Å²) in [5, 5.41) is 2.86. The van der Waals surface area contributed by atoms with Crippen molar-refractivity contribution in [2.24, 2.45) is 5.41 Å². The van der Waals surface area contributed by atoms with Gasteiger partial charge in [0, 0.05) is 6.54 Å². The van der Waals surface area contributed by atoms with Crippen LogP contribution >= 0.6 is 0 Å². The van der Waals surface area contributed by atoms with Crippen LogP contribution in [0.2, 0.25) is 0 Å². The van der Waals surface area contributed by atoms with E-state index in [-0.39, 0.29) is 18.3 Å². The molecule has 0 radical (unpaired) electrons. The Kier molecular flexibility index (Phi) is 5.88. The first-order chi connectivity index (χ1) is 13.5. The molecule has 1 heterocycles. The van der Waals surface area contributed by atoms with Crippen LogP contribution in [-0.2, 0) is 16.0 Å². The highest BCUT2D eigenvalue weighted by atomic mass is 19.1. The lowest BCUT2D eigenvalue weighted by atomic mass is 9.93. The summed E-state index contributed by atoms with van der Waals surface area (Å²) in [4.78, 5) is 26.3. The van der Waals surface area contributed by atoms with Gasteiger partial charge in [-0.05, 0) is 70.6 Å². The van der Waals surface area contributed by atoms with Gasteiger partial charge in [0.15, 0.2) is 0 Å². The van der Waals surface area contributed by atoms with Gasteiger partial charge in [-0.3, -0.25) is 4.79 Å². The second kappa shape index (κ2) is 7.92. The molecule has 2 atom stereocenters. The second-order valence-electron chi connectivity index (χ2n) is 9.35. The smallest absolute Gasteiger partial charge is 0.410 e. The number of ether oxygens (including phenoxy) is 1. The zero-order valence-corrected chi connectivity index (χ0v) is 17.6. The molecule has 2 fully saturated rings. The molecular formula is C22H30F2N2O3. The SMILES string of the molecule is Cc1cc(CC2(C(=O)N[C@H]3CCN(C(=O)OC(C)(C)C)C[C@@H]3F)CC2)ccc1F. The first-order valence-corrected chi connectivity index (χ1v) is 10.2. The first-order valence-electron chi connectivity index (χ1n) is 10.2. The quantitative estimate of drug-likeness (QED) is 0.822. The van der Waals surface area contributed by atoms with Crippen LogP contribution in [0.15, 0.2) is 18.2 Å². The Morgan fingerprint density at radius 2 is 2.00 bits per heavy atom. The van der Waals surface area contributed by atoms with Gasteiger partial charge in [0.25, 0.3) is 0 Å². The lowest BCUT2D eigenvalue weighted by Crippen LogP contribution is -2.55. The second-order valence-corrected chi connectivity index (χ2v) is 9.35. The minimum Gasteiger partial charge on any atom is -0.444 e. The maximum Gasteiger partial charge on any atom is 0.410 e. The third-order valence-corrected chi connectivity index (χ3v) is 5.61. The molecule has 0 unspecified atom stereocenters. The Hall–Kier alpha value is -2.18. The number of hydrogen-bond acceptors (Lipinski definition) is 3. The lowest BCUT2D eigenvalue weighted by molar-refractivity contribution is -0.128. The summed E-state index contributed by atoms with van der Waals surface area (Å²) >= 11 is 0. The number of piperidine rings is 1. The monoisotopic (exact) mass is 408 g/mol. The summed E-state index contributed by atoms with van der Waals surface area (Å²) in [5.41, 5.74) is 0.294. The van der Waals surface area contributed by atoms with Crippen LogP contribution < -0.4 is 5.32 Å². The zero-order chi connectivity index (χ0) is 21.4. The number of amides is 2. The van der Waals surface area contributed by atoms with Crippen molar-refractivity contribution >= 4 is 12.0 Å². The molecular weight excluding hydrogens is 378 g/mol. The number of halogens is 2. The number of nitrogens with zero attached hydrogens (tertiary/aromatic N) is 1. The Bertz CT molecular complexity index is 787. The van der Waals surface area contributed by atoms with Crippen molar-refractivity contribution < 1.29 is 23.1 Å². The van der Waals surface area contributed by atoms with Gasteiger partial charge in [-0.2, -0.15) is 0 Å². The van der Waals surface area contributed by atoms with Crippen molar-refractivity contribution in [3.63, 3.8) is 0 Å². The summed E-state index contributed by atoms with van der Waals surface area (Å²) in [6.45, 7) is 7.24. The van der Waals surface area contributed by atoms with Gasteiger partial charge in [-0.1, -0.05) is 12.1 Å². The van der Waals surface area contributed by atoms with E-state index in [4.69, 9.17) is 4.74 Å². The van der Waals surface area contributed by atoms with Gasteiger partial charge >= 0.3 is 6.09 Å². The maximum absolute atomic E-state index is 14.7. The number of benzene rings is 1. The molecule has 1 saturated heterocycles. The minimum absolute atomic E-state index is 0.0932. The van der Waals surface area contributed by atoms with Crippen molar-refractivity contribution in [3.8, 4) is 0 Å². The minimum atomic E-state index is -1.34. The van der Waals surface area contributed by atoms with Crippen molar-refractivity contribution in [2.75, 3.05) is 13.1 Å². The van der Waals surface area contributed by atoms with Crippen molar-refractivity contribution in [2.45, 2.75) is 71.2 Å². The van der Waals surface area contributed by atoms with Crippen LogP contribution in [0.4, 0.5) is 13.6 Å². The van der Waals surface area contributed by atoms with E-state index < -0.39 is 29.3 Å². The normalized spacial score (nSPS) is 23.4. The van der Waals surface area contributed by atoms with E-state index in [0.29, 0.717) is 24.9 Å². The molecule has 2 amide bonds. The lowest BCUT2D eigenvalue weighted by Gasteiger charge is -2.36. The third-order valence-electron chi connectivity index (χ3n) is 5.61. The topological polar surface area (TPSA) is 58.6 Å². The van der Waals surface area contributed by atoms with Gasteiger partial charge in [-0.15, -0.1) is 0 Å². The number of carbonyl (C=O) groups excluding carboxylic acids is 2. The molecule has 2 aliphatic rings. The standard InChI is InChI=1S/C22H30F2N2O3/c1-14-11-15(5-6-16(14)23)12-22(8-9-22)19(27)25-18-7-10-26(13-17(18)24)20(28)29-21(2,3)4/h5-6,11,17-18H,7-10,12-13H2,1-4H3,(H,25,27)/t17-,18-/m0/s1. The highest BCUT2D eigenvalue weighted by molar-refractivity contribution is 5.86. The molecule has 1 aromatic rings. The number of nitrogens with one attached hydrogen (secondary N) is 1. The molecule has 1 aromatic carbocycles. The Labute approximate surface area is 170 Å². The molecule has 3 rings (SSSR count). The summed E-state index contributed by atoms with van der Waals surface area (Å²) in [5.74, 6) is -0.419. The van der Waals surface area contributed by atoms with Gasteiger partial charge in [0.05, 0.1) is 18.0 Å². The predicted octanol–water partition coefficient (Wildman–Crippen LogP) is 3.92. The fourth-order valence-corrected chi connectivity index (χ4v) is 3.72. The Balaban J connectivity index is 1.55. The average molecular weight is 408 g/mol. The van der Waals surface area contributed by atoms with Crippen molar-refractivity contribution in [1.29, 1.82) is 0 Å². The molecule has 1 aliphatic heterocycles. The van der Waals surface area contributed by atoms with E-state index in [0.717, 1.165) is 18.4 Å². The summed E-state index contributed by atoms with van der Waals surface area (Å²) in [6.07, 6.45) is 0.469. The average Bonchev–Trinajstić information content (AvgIpc) is 3.39. The Morgan fingerprint density at radius 3 is 2.55 bits per heavy atom. The highest BCUT2D eigenvalue weighted by Gasteiger charge is 2.50. The van der Waals surface area contributed by atoms with E-state index in [1.807, 2.05) is 0 Å². The van der Waals surface area contributed by atoms with Crippen LogP contribution in [0.5, 0.6) is 0 Å². The maximum atomic E-state index is 14.7. The number of aryl methyl sites for hydroxylation is 1. The van der Waals surface area contributed by atoms with E-state index in [1.54, 1.807) is 39.8 Å². The summed E-state index contributed by atoms with van der Waals surface area (Å²) in [6, 6.07) is 4.27. The third kappa shape index (κ3) is 5.25. The summed E-state index contributed by atoms with van der Waals surface area (Å²) in [7, 11) is 0. The fraction of sp³-hybridized carbons (Fsp3) is 0.636. The molecule has 160 valence electrons. The molecule has 5 nitrogen and oxygen atoms in total. The molecule has 0 spiro atoms. The van der Waals surface area contributed by atoms with E-state index in [2.05, 4.69) is 5.32 Å². The zero-order valence-electron chi connectivity index (χ0n) is 17.6. The van der Waals surface area contributed by atoms with E-state index in [1.165, 1.54) is 11.0 Å². The van der Waals surface area contributed by atoms with Crippen LogP contribution in [0.1, 0.15) is 51.2 Å². The number of carbonyl (C=O) groups is 2. The van der Waals surface area contributed by atoms with Gasteiger partial charge < -0.3 is 15.0 Å². The van der Waals surface area contributed by atoms with Gasteiger partial charge in [0.1, 0.15) is 17.6 Å². The molecule has 1 saturated carbocycles. The van der Waals surface area contributed by atoms with Crippen LogP contribution in [-0.4, -0.2) is 47.8 Å². The number of hydrogen-bond donors (Lipinski definition) is 1. The predicted molar refractivity (Wildman–Crippen MR) is 106 cm³/mol. The van der Waals surface area contributed by atoms with Crippen LogP contribution in [0, 0.1) is 18.2 Å². The largest absolute Gasteiger partial charge is 0.444 e. The number of rotatable bonds is 4. The number of alkyl halides is 1. The highest BCUT2D eigenvalue weighted by Crippen LogP contribution is 2.49. The van der Waals surface area contributed by atoms with Crippen LogP contribution in [0.25, 0.3) is 0 Å². The molecule has 0 bridgehead atoms. The molecule has 7 heteroatoms. The molecule has 1 N–H and O–H groups in total. The van der Waals surface area contributed by atoms with Gasteiger partial charge in [0.2, 0.25) is 5.91 Å². The van der Waals surface area contributed by atoms with Crippen molar-refractivity contribution in [3.05, 3.63) is 35.1 Å². The van der Waals surface area contributed by atoms with Crippen LogP contribution in [0.3, 0.4) is 0 Å². The van der Waals surface area contributed by atoms with Gasteiger partial charge in [-0.25, -0.2) is 13.6 Å². The molecule has 29 heavy (non-hydrogen) atoms. The fourth-order valence-electron chi connectivity index (χ4n) is 3.72.